The van der Waals surface area contributed by atoms with Crippen molar-refractivity contribution in [2.24, 2.45) is 5.41 Å². The molecule has 0 bridgehead atoms. The van der Waals surface area contributed by atoms with Crippen LogP contribution in [-0.2, 0) is 11.2 Å². The average Bonchev–Trinajstić information content (AvgIpc) is 3.25. The molecule has 1 aliphatic heterocycles. The molecule has 1 aromatic rings. The fourth-order valence-electron chi connectivity index (χ4n) is 2.94. The van der Waals surface area contributed by atoms with Gasteiger partial charge in [-0.2, -0.15) is 0 Å². The van der Waals surface area contributed by atoms with Gasteiger partial charge in [0, 0.05) is 30.3 Å². The predicted octanol–water partition coefficient (Wildman–Crippen LogP) is 3.68. The first-order chi connectivity index (χ1) is 9.67. The molecule has 0 spiro atoms. The molecule has 1 saturated carbocycles. The van der Waals surface area contributed by atoms with Crippen molar-refractivity contribution < 1.29 is 9.13 Å². The molecule has 0 aromatic heterocycles. The van der Waals surface area contributed by atoms with Crippen molar-refractivity contribution in [3.63, 3.8) is 0 Å². The SMILES string of the molecule is Fc1ccc(CC2(CNC3CC3)CCOCC2)c(Br)c1. The molecule has 2 fully saturated rings. The van der Waals surface area contributed by atoms with Crippen LogP contribution in [0.15, 0.2) is 22.7 Å². The maximum atomic E-state index is 13.2. The van der Waals surface area contributed by atoms with E-state index in [1.54, 1.807) is 12.1 Å². The second kappa shape index (κ2) is 6.12. The highest BCUT2D eigenvalue weighted by atomic mass is 79.9. The molecular formula is C16H21BrFNO. The average molecular weight is 342 g/mol. The van der Waals surface area contributed by atoms with Crippen LogP contribution in [0.25, 0.3) is 0 Å². The molecule has 1 N–H and O–H groups in total. The summed E-state index contributed by atoms with van der Waals surface area (Å²) in [7, 11) is 0. The Morgan fingerprint density at radius 2 is 2.05 bits per heavy atom. The molecule has 20 heavy (non-hydrogen) atoms. The molecule has 0 unspecified atom stereocenters. The molecule has 3 rings (SSSR count). The van der Waals surface area contributed by atoms with Crippen molar-refractivity contribution in [1.82, 2.24) is 5.32 Å². The van der Waals surface area contributed by atoms with Crippen LogP contribution in [0.5, 0.6) is 0 Å². The van der Waals surface area contributed by atoms with E-state index in [4.69, 9.17) is 4.74 Å². The summed E-state index contributed by atoms with van der Waals surface area (Å²) in [4.78, 5) is 0. The first-order valence-corrected chi connectivity index (χ1v) is 8.21. The van der Waals surface area contributed by atoms with Gasteiger partial charge < -0.3 is 10.1 Å². The Morgan fingerprint density at radius 1 is 1.30 bits per heavy atom. The van der Waals surface area contributed by atoms with Gasteiger partial charge in [0.25, 0.3) is 0 Å². The zero-order valence-electron chi connectivity index (χ0n) is 11.6. The van der Waals surface area contributed by atoms with Crippen LogP contribution in [0.2, 0.25) is 0 Å². The van der Waals surface area contributed by atoms with Gasteiger partial charge in [-0.1, -0.05) is 22.0 Å². The Bertz CT molecular complexity index is 470. The summed E-state index contributed by atoms with van der Waals surface area (Å²) in [5.74, 6) is -0.183. The van der Waals surface area contributed by atoms with Crippen LogP contribution >= 0.6 is 15.9 Å². The van der Waals surface area contributed by atoms with Crippen LogP contribution in [0, 0.1) is 11.2 Å². The van der Waals surface area contributed by atoms with Crippen molar-refractivity contribution in [3.05, 3.63) is 34.1 Å². The molecular weight excluding hydrogens is 321 g/mol. The Kier molecular flexibility index (Phi) is 4.43. The lowest BCUT2D eigenvalue weighted by Crippen LogP contribution is -2.41. The standard InChI is InChI=1S/C16H21BrFNO/c17-15-9-13(18)2-1-12(15)10-16(5-7-20-8-6-16)11-19-14-3-4-14/h1-2,9,14,19H,3-8,10-11H2. The zero-order chi connectivity index (χ0) is 14.0. The van der Waals surface area contributed by atoms with Gasteiger partial charge in [-0.05, 0) is 55.2 Å². The molecule has 2 nitrogen and oxygen atoms in total. The number of ether oxygens (including phenoxy) is 1. The number of rotatable bonds is 5. The van der Waals surface area contributed by atoms with E-state index in [0.717, 1.165) is 49.5 Å². The summed E-state index contributed by atoms with van der Waals surface area (Å²) in [5, 5.41) is 3.67. The van der Waals surface area contributed by atoms with E-state index in [9.17, 15) is 4.39 Å². The van der Waals surface area contributed by atoms with Gasteiger partial charge in [-0.25, -0.2) is 4.39 Å². The van der Waals surface area contributed by atoms with E-state index < -0.39 is 0 Å². The number of benzene rings is 1. The molecule has 0 amide bonds. The quantitative estimate of drug-likeness (QED) is 0.881. The van der Waals surface area contributed by atoms with Gasteiger partial charge in [-0.3, -0.25) is 0 Å². The van der Waals surface area contributed by atoms with Crippen LogP contribution in [0.1, 0.15) is 31.2 Å². The maximum absolute atomic E-state index is 13.2. The Hall–Kier alpha value is -0.450. The smallest absolute Gasteiger partial charge is 0.124 e. The Balaban J connectivity index is 1.73. The van der Waals surface area contributed by atoms with E-state index in [-0.39, 0.29) is 11.2 Å². The lowest BCUT2D eigenvalue weighted by atomic mass is 9.75. The summed E-state index contributed by atoms with van der Waals surface area (Å²) in [5.41, 5.74) is 1.45. The van der Waals surface area contributed by atoms with Crippen LogP contribution in [0.4, 0.5) is 4.39 Å². The van der Waals surface area contributed by atoms with Gasteiger partial charge in [0.2, 0.25) is 0 Å². The lowest BCUT2D eigenvalue weighted by molar-refractivity contribution is 0.0146. The topological polar surface area (TPSA) is 21.3 Å². The third-order valence-corrected chi connectivity index (χ3v) is 5.22. The highest BCUT2D eigenvalue weighted by molar-refractivity contribution is 9.10. The second-order valence-corrected chi connectivity index (χ2v) is 7.03. The van der Waals surface area contributed by atoms with Gasteiger partial charge >= 0.3 is 0 Å². The number of halogens is 2. The number of nitrogens with one attached hydrogen (secondary N) is 1. The highest BCUT2D eigenvalue weighted by Gasteiger charge is 2.35. The Morgan fingerprint density at radius 3 is 2.70 bits per heavy atom. The molecule has 0 atom stereocenters. The highest BCUT2D eigenvalue weighted by Crippen LogP contribution is 2.36. The maximum Gasteiger partial charge on any atom is 0.124 e. The van der Waals surface area contributed by atoms with Crippen molar-refractivity contribution in [2.45, 2.75) is 38.1 Å². The van der Waals surface area contributed by atoms with E-state index in [2.05, 4.69) is 21.2 Å². The molecule has 4 heteroatoms. The van der Waals surface area contributed by atoms with E-state index in [1.807, 2.05) is 6.07 Å². The molecule has 1 aromatic carbocycles. The fourth-order valence-corrected chi connectivity index (χ4v) is 3.43. The van der Waals surface area contributed by atoms with E-state index in [0.29, 0.717) is 0 Å². The molecule has 1 aliphatic carbocycles. The van der Waals surface area contributed by atoms with Crippen molar-refractivity contribution in [3.8, 4) is 0 Å². The van der Waals surface area contributed by atoms with Crippen LogP contribution < -0.4 is 5.32 Å². The minimum absolute atomic E-state index is 0.183. The monoisotopic (exact) mass is 341 g/mol. The summed E-state index contributed by atoms with van der Waals surface area (Å²) in [6.07, 6.45) is 5.77. The summed E-state index contributed by atoms with van der Waals surface area (Å²) in [6, 6.07) is 5.76. The number of hydrogen-bond donors (Lipinski definition) is 1. The summed E-state index contributed by atoms with van der Waals surface area (Å²) in [6.45, 7) is 2.72. The van der Waals surface area contributed by atoms with Crippen molar-refractivity contribution in [2.75, 3.05) is 19.8 Å². The minimum atomic E-state index is -0.183. The third kappa shape index (κ3) is 3.60. The van der Waals surface area contributed by atoms with Crippen LogP contribution in [-0.4, -0.2) is 25.8 Å². The van der Waals surface area contributed by atoms with Gasteiger partial charge in [0.1, 0.15) is 5.82 Å². The molecule has 0 radical (unpaired) electrons. The fraction of sp³-hybridized carbons (Fsp3) is 0.625. The lowest BCUT2D eigenvalue weighted by Gasteiger charge is -2.38. The molecule has 1 heterocycles. The van der Waals surface area contributed by atoms with E-state index in [1.165, 1.54) is 18.4 Å². The minimum Gasteiger partial charge on any atom is -0.381 e. The van der Waals surface area contributed by atoms with Crippen molar-refractivity contribution in [1.29, 1.82) is 0 Å². The Labute approximate surface area is 128 Å². The van der Waals surface area contributed by atoms with Crippen LogP contribution in [0.3, 0.4) is 0 Å². The number of hydrogen-bond acceptors (Lipinski definition) is 2. The molecule has 110 valence electrons. The van der Waals surface area contributed by atoms with Gasteiger partial charge in [0.05, 0.1) is 0 Å². The van der Waals surface area contributed by atoms with Gasteiger partial charge in [0.15, 0.2) is 0 Å². The summed E-state index contributed by atoms with van der Waals surface area (Å²) >= 11 is 3.50. The largest absolute Gasteiger partial charge is 0.381 e. The van der Waals surface area contributed by atoms with Gasteiger partial charge in [-0.15, -0.1) is 0 Å². The van der Waals surface area contributed by atoms with E-state index >= 15 is 0 Å². The first-order valence-electron chi connectivity index (χ1n) is 7.42. The summed E-state index contributed by atoms with van der Waals surface area (Å²) < 4.78 is 19.6. The first kappa shape index (κ1) is 14.5. The zero-order valence-corrected chi connectivity index (χ0v) is 13.2. The normalized spacial score (nSPS) is 21.9. The second-order valence-electron chi connectivity index (χ2n) is 6.18. The van der Waals surface area contributed by atoms with Crippen molar-refractivity contribution >= 4 is 15.9 Å². The predicted molar refractivity (Wildman–Crippen MR) is 81.3 cm³/mol. The molecule has 2 aliphatic rings. The molecule has 1 saturated heterocycles. The third-order valence-electron chi connectivity index (χ3n) is 4.48.